The summed E-state index contributed by atoms with van der Waals surface area (Å²) in [6, 6.07) is 0. The van der Waals surface area contributed by atoms with Crippen LogP contribution in [0, 0.1) is 33.9 Å². The maximum absolute atomic E-state index is 8.90. The van der Waals surface area contributed by atoms with Crippen LogP contribution in [0.3, 0.4) is 0 Å². The van der Waals surface area contributed by atoms with Gasteiger partial charge in [-0.2, -0.15) is 0 Å². The summed E-state index contributed by atoms with van der Waals surface area (Å²) in [5.41, 5.74) is -0.774. The van der Waals surface area contributed by atoms with Crippen LogP contribution >= 0.6 is 0 Å². The Kier molecular flexibility index (Phi) is 50.6. The first kappa shape index (κ1) is 48.1. The van der Waals surface area contributed by atoms with Crippen molar-refractivity contribution in [2.45, 2.75) is 12.2 Å². The number of rotatable bonds is 18. The summed E-state index contributed by atoms with van der Waals surface area (Å²) in [4.78, 5) is 0. The molecule has 35 heavy (non-hydrogen) atoms. The Hall–Kier alpha value is -4.48. The van der Waals surface area contributed by atoms with Gasteiger partial charge in [0, 0.05) is 26.4 Å². The monoisotopic (exact) mass is 1530 g/mol. The Morgan fingerprint density at radius 3 is 1.06 bits per heavy atom. The molecular formula is C19H40O12Rf4-4. The second-order valence-corrected chi connectivity index (χ2v) is 6.16. The van der Waals surface area contributed by atoms with Crippen molar-refractivity contribution in [1.29, 1.82) is 0 Å². The summed E-state index contributed by atoms with van der Waals surface area (Å²) in [6.45, 7) is 0.968. The summed E-state index contributed by atoms with van der Waals surface area (Å²) in [5, 5.41) is 52.1. The molecule has 0 aromatic rings. The molecule has 12 nitrogen and oxygen atoms in total. The van der Waals surface area contributed by atoms with E-state index in [0.717, 1.165) is 0 Å². The Labute approximate surface area is 185 Å². The molecule has 0 aliphatic rings. The molecule has 0 aromatic carbocycles. The Morgan fingerprint density at radius 2 is 0.857 bits per heavy atom. The van der Waals surface area contributed by atoms with Gasteiger partial charge in [-0.05, 0) is 0 Å². The quantitative estimate of drug-likeness (QED) is 0.0654. The van der Waals surface area contributed by atoms with Gasteiger partial charge >= 0.3 is 0 Å². The molecule has 0 saturated carbocycles. The number of hydrogen-bond donors (Lipinski definition) is 6. The molecule has 0 radical (unpaired) electrons. The minimum atomic E-state index is -0.774. The Balaban J connectivity index is -0.0000000637. The third kappa shape index (κ3) is 34.3. The fraction of sp³-hybridized carbons (Fsp3) is 0.789. The molecule has 0 bridgehead atoms. The third-order valence-corrected chi connectivity index (χ3v) is 3.20. The standard InChI is InChI=1S/C7H14O4.2C6H13O4.4Rf/c1-10-5-7(3-8,4-9)6-11-2;2*1-9-4-6(8)5-10-3-2-7;;;;/h8-9H,1-6H2;2*6-8H,1-5H2;;;;/q-2;2*-1;;;;. The zero-order valence-electron chi connectivity index (χ0n) is 20.9. The molecule has 0 aliphatic carbocycles. The molecule has 0 aliphatic heterocycles. The van der Waals surface area contributed by atoms with Crippen LogP contribution in [-0.4, -0.2) is 122 Å². The van der Waals surface area contributed by atoms with E-state index in [9.17, 15) is 0 Å². The summed E-state index contributed by atoms with van der Waals surface area (Å²) in [7, 11) is 12.5. The van der Waals surface area contributed by atoms with Crippen LogP contribution in [0.4, 0.5) is 0 Å². The van der Waals surface area contributed by atoms with Crippen molar-refractivity contribution < 1.29 is 59.1 Å². The smallest absolute Gasteiger partial charge is 0.0976 e. The van der Waals surface area contributed by atoms with Crippen molar-refractivity contribution in [3.05, 3.63) is 28.4 Å². The van der Waals surface area contributed by atoms with Crippen molar-refractivity contribution in [3.63, 3.8) is 0 Å². The van der Waals surface area contributed by atoms with E-state index in [1.54, 1.807) is 0 Å². The van der Waals surface area contributed by atoms with Crippen molar-refractivity contribution in [2.24, 2.45) is 5.41 Å². The van der Waals surface area contributed by atoms with Gasteiger partial charge in [-0.15, -0.1) is 0 Å². The molecule has 0 fully saturated rings. The average molecular weight is 1530 g/mol. The fourth-order valence-corrected chi connectivity index (χ4v) is 1.64. The van der Waals surface area contributed by atoms with Gasteiger partial charge in [0.1, 0.15) is 0 Å². The van der Waals surface area contributed by atoms with E-state index in [1.807, 2.05) is 0 Å². The van der Waals surface area contributed by atoms with Crippen LogP contribution in [0.25, 0.3) is 0 Å². The van der Waals surface area contributed by atoms with Gasteiger partial charge in [-0.25, -0.2) is 28.4 Å². The minimum absolute atomic E-state index is 0. The zero-order valence-corrected chi connectivity index (χ0v) is 46.5. The second-order valence-electron chi connectivity index (χ2n) is 6.16. The third-order valence-electron chi connectivity index (χ3n) is 3.20. The Bertz CT molecular complexity index is 310. The maximum atomic E-state index is 8.90. The van der Waals surface area contributed by atoms with Crippen LogP contribution in [0.2, 0.25) is 0 Å². The van der Waals surface area contributed by atoms with Gasteiger partial charge in [-0.3, -0.25) is 0 Å². The average Bonchev–Trinajstić information content (AvgIpc) is 2.75. The van der Waals surface area contributed by atoms with Crippen molar-refractivity contribution in [3.8, 4) is 0 Å². The predicted octanol–water partition coefficient (Wildman–Crippen LogP) is -2.10. The maximum Gasteiger partial charge on any atom is 0.0976 e. The van der Waals surface area contributed by atoms with E-state index in [-0.39, 0.29) is 79.3 Å². The first-order valence-corrected chi connectivity index (χ1v) is 9.29. The number of aliphatic hydroxyl groups excluding tert-OH is 6. The number of hydrogen-bond acceptors (Lipinski definition) is 12. The van der Waals surface area contributed by atoms with E-state index in [0.29, 0.717) is 0 Å². The molecule has 0 heterocycles. The van der Waals surface area contributed by atoms with E-state index in [4.69, 9.17) is 40.1 Å². The molecule has 2 unspecified atom stereocenters. The van der Waals surface area contributed by atoms with Crippen molar-refractivity contribution >= 4 is 0 Å². The molecular weight excluding hydrogens is 1490 g/mol. The van der Waals surface area contributed by atoms with E-state index in [1.165, 1.54) is 0 Å². The van der Waals surface area contributed by atoms with Gasteiger partial charge in [0.25, 0.3) is 0 Å². The van der Waals surface area contributed by atoms with Crippen LogP contribution < -0.4 is 0 Å². The summed E-state index contributed by atoms with van der Waals surface area (Å²) < 4.78 is 27.5. The molecule has 2 atom stereocenters. The van der Waals surface area contributed by atoms with Gasteiger partial charge in [0.15, 0.2) is 0 Å². The molecule has 0 spiro atoms. The normalized spacial score (nSPS) is 11.5. The van der Waals surface area contributed by atoms with Gasteiger partial charge in [0.05, 0.1) is 70.5 Å². The molecule has 16 heteroatoms. The largest absolute Gasteiger partial charge is 0.554 e. The van der Waals surface area contributed by atoms with Gasteiger partial charge < -0.3 is 59.1 Å². The number of aliphatic hydroxyl groups is 6. The summed E-state index contributed by atoms with van der Waals surface area (Å²) in [6.07, 6.45) is -1.30. The number of ether oxygens (including phenoxy) is 6. The van der Waals surface area contributed by atoms with Crippen LogP contribution in [0.15, 0.2) is 0 Å². The van der Waals surface area contributed by atoms with Crippen LogP contribution in [0.1, 0.15) is 0 Å². The molecule has 0 saturated heterocycles. The zero-order chi connectivity index (χ0) is 24.4. The predicted molar refractivity (Wildman–Crippen MR) is 110 cm³/mol. The summed E-state index contributed by atoms with van der Waals surface area (Å²) >= 11 is 0. The molecule has 0 aromatic heterocycles. The van der Waals surface area contributed by atoms with Crippen molar-refractivity contribution in [1.82, 2.24) is 0 Å². The van der Waals surface area contributed by atoms with Crippen LogP contribution in [-0.2, 0) is 28.4 Å². The topological polar surface area (TPSA) is 177 Å². The molecule has 200 valence electrons. The Morgan fingerprint density at radius 1 is 0.543 bits per heavy atom. The first-order chi connectivity index (χ1) is 14.9. The second kappa shape index (κ2) is 36.9. The fourth-order valence-electron chi connectivity index (χ4n) is 1.64. The SMILES string of the molecule is [CH2-]OCC(CO)(CO)CO[CH2-].[CH2-]OCC(O)COCCO.[CH2-]OCC(O)COCCO.[Rf].[Rf].[Rf].[Rf]. The van der Waals surface area contributed by atoms with Gasteiger partial charge in [-0.1, -0.05) is 0 Å². The minimum Gasteiger partial charge on any atom is -0.554 e. The van der Waals surface area contributed by atoms with E-state index < -0.39 is 17.6 Å². The first-order valence-electron chi connectivity index (χ1n) is 9.29. The van der Waals surface area contributed by atoms with Crippen molar-refractivity contribution in [2.75, 3.05) is 79.3 Å². The molecule has 0 rings (SSSR count). The van der Waals surface area contributed by atoms with Crippen LogP contribution in [0.5, 0.6) is 0 Å². The molecule has 6 N–H and O–H groups in total. The summed E-state index contributed by atoms with van der Waals surface area (Å²) in [5.74, 6) is 0. The molecule has 0 amide bonds. The van der Waals surface area contributed by atoms with Gasteiger partial charge in [0.2, 0.25) is 0 Å². The van der Waals surface area contributed by atoms with E-state index in [2.05, 4.69) is 47.4 Å². The van der Waals surface area contributed by atoms with E-state index >= 15 is 0 Å².